The van der Waals surface area contributed by atoms with E-state index in [2.05, 4.69) is 18.8 Å². The van der Waals surface area contributed by atoms with Gasteiger partial charge in [0.25, 0.3) is 0 Å². The third kappa shape index (κ3) is 4.02. The van der Waals surface area contributed by atoms with Gasteiger partial charge in [0, 0.05) is 22.7 Å². The molecule has 0 fully saturated rings. The molecule has 1 atom stereocenters. The number of hydrogen-bond acceptors (Lipinski definition) is 3. The summed E-state index contributed by atoms with van der Waals surface area (Å²) in [5.41, 5.74) is 3.63. The number of aromatic amines is 1. The lowest BCUT2D eigenvalue weighted by molar-refractivity contribution is -0.141. The van der Waals surface area contributed by atoms with Crippen LogP contribution in [0.5, 0.6) is 0 Å². The van der Waals surface area contributed by atoms with E-state index in [1.807, 2.05) is 36.4 Å². The van der Waals surface area contributed by atoms with Crippen LogP contribution in [-0.2, 0) is 16.0 Å². The third-order valence-corrected chi connectivity index (χ3v) is 4.79. The molecule has 0 bridgehead atoms. The SMILES string of the molecule is CC[C@@H](C)c1ccc(C(=O)COC(=O)Cc2c[nH]c3ccccc23)cc1. The van der Waals surface area contributed by atoms with Crippen molar-refractivity contribution >= 4 is 22.7 Å². The molecule has 0 amide bonds. The Bertz CT molecular complexity index is 909. The number of ether oxygens (including phenoxy) is 1. The van der Waals surface area contributed by atoms with Crippen LogP contribution < -0.4 is 0 Å². The minimum Gasteiger partial charge on any atom is -0.457 e. The number of ketones is 1. The second-order valence-electron chi connectivity index (χ2n) is 6.55. The van der Waals surface area contributed by atoms with Crippen LogP contribution in [0, 0.1) is 0 Å². The van der Waals surface area contributed by atoms with E-state index in [0.29, 0.717) is 11.5 Å². The summed E-state index contributed by atoms with van der Waals surface area (Å²) in [6.45, 7) is 4.06. The summed E-state index contributed by atoms with van der Waals surface area (Å²) in [6, 6.07) is 15.3. The van der Waals surface area contributed by atoms with E-state index in [-0.39, 0.29) is 18.8 Å². The van der Waals surface area contributed by atoms with Crippen LogP contribution in [0.3, 0.4) is 0 Å². The maximum Gasteiger partial charge on any atom is 0.310 e. The molecular weight excluding hydrogens is 326 g/mol. The van der Waals surface area contributed by atoms with Gasteiger partial charge in [-0.15, -0.1) is 0 Å². The molecule has 1 N–H and O–H groups in total. The first-order valence-electron chi connectivity index (χ1n) is 8.92. The Kier molecular flexibility index (Phi) is 5.52. The Morgan fingerprint density at radius 1 is 1.08 bits per heavy atom. The van der Waals surface area contributed by atoms with Crippen LogP contribution in [-0.4, -0.2) is 23.3 Å². The van der Waals surface area contributed by atoms with Crippen LogP contribution in [0.2, 0.25) is 0 Å². The first-order chi connectivity index (χ1) is 12.6. The van der Waals surface area contributed by atoms with Gasteiger partial charge in [0.15, 0.2) is 12.4 Å². The molecule has 0 saturated heterocycles. The minimum absolute atomic E-state index is 0.143. The summed E-state index contributed by atoms with van der Waals surface area (Å²) in [5, 5.41) is 0.997. The number of carbonyl (C=O) groups is 2. The maximum atomic E-state index is 12.2. The Labute approximate surface area is 153 Å². The van der Waals surface area contributed by atoms with Gasteiger partial charge in [-0.25, -0.2) is 0 Å². The number of Topliss-reactive ketones (excluding diaryl/α,β-unsaturated/α-hetero) is 1. The van der Waals surface area contributed by atoms with Gasteiger partial charge in [-0.3, -0.25) is 9.59 Å². The van der Waals surface area contributed by atoms with E-state index in [9.17, 15) is 9.59 Å². The highest BCUT2D eigenvalue weighted by molar-refractivity contribution is 5.98. The molecule has 134 valence electrons. The minimum atomic E-state index is -0.403. The van der Waals surface area contributed by atoms with Gasteiger partial charge in [-0.2, -0.15) is 0 Å². The number of fused-ring (bicyclic) bond motifs is 1. The Hall–Kier alpha value is -2.88. The van der Waals surface area contributed by atoms with E-state index in [4.69, 9.17) is 4.74 Å². The van der Waals surface area contributed by atoms with Crippen LogP contribution in [0.1, 0.15) is 47.7 Å². The zero-order valence-electron chi connectivity index (χ0n) is 15.1. The standard InChI is InChI=1S/C22H23NO3/c1-3-15(2)16-8-10-17(11-9-16)21(24)14-26-22(25)12-18-13-23-20-7-5-4-6-19(18)20/h4-11,13,15,23H,3,12,14H2,1-2H3/t15-/m1/s1. The molecule has 3 aromatic rings. The van der Waals surface area contributed by atoms with Gasteiger partial charge < -0.3 is 9.72 Å². The smallest absolute Gasteiger partial charge is 0.310 e. The molecule has 4 heteroatoms. The van der Waals surface area contributed by atoms with E-state index in [0.717, 1.165) is 22.9 Å². The van der Waals surface area contributed by atoms with Crippen molar-refractivity contribution in [2.45, 2.75) is 32.6 Å². The van der Waals surface area contributed by atoms with Crippen molar-refractivity contribution < 1.29 is 14.3 Å². The van der Waals surface area contributed by atoms with Gasteiger partial charge in [0.2, 0.25) is 0 Å². The van der Waals surface area contributed by atoms with E-state index in [1.165, 1.54) is 5.56 Å². The van der Waals surface area contributed by atoms with Gasteiger partial charge >= 0.3 is 5.97 Å². The van der Waals surface area contributed by atoms with Gasteiger partial charge in [-0.1, -0.05) is 56.3 Å². The predicted molar refractivity (Wildman–Crippen MR) is 102 cm³/mol. The summed E-state index contributed by atoms with van der Waals surface area (Å²) < 4.78 is 5.18. The van der Waals surface area contributed by atoms with Gasteiger partial charge in [0.1, 0.15) is 0 Å². The van der Waals surface area contributed by atoms with Crippen LogP contribution in [0.25, 0.3) is 10.9 Å². The molecule has 0 unspecified atom stereocenters. The maximum absolute atomic E-state index is 12.2. The lowest BCUT2D eigenvalue weighted by Crippen LogP contribution is -2.15. The lowest BCUT2D eigenvalue weighted by Gasteiger charge is -2.09. The van der Waals surface area contributed by atoms with Crippen molar-refractivity contribution in [2.24, 2.45) is 0 Å². The average Bonchev–Trinajstić information content (AvgIpc) is 3.08. The van der Waals surface area contributed by atoms with Crippen molar-refractivity contribution in [3.8, 4) is 0 Å². The Balaban J connectivity index is 1.56. The normalized spacial score (nSPS) is 12.1. The molecule has 3 rings (SSSR count). The molecule has 1 aromatic heterocycles. The highest BCUT2D eigenvalue weighted by atomic mass is 16.5. The highest BCUT2D eigenvalue weighted by Gasteiger charge is 2.13. The van der Waals surface area contributed by atoms with Gasteiger partial charge in [-0.05, 0) is 29.5 Å². The molecule has 26 heavy (non-hydrogen) atoms. The molecule has 0 spiro atoms. The summed E-state index contributed by atoms with van der Waals surface area (Å²) >= 11 is 0. The Morgan fingerprint density at radius 2 is 1.81 bits per heavy atom. The van der Waals surface area contributed by atoms with Crippen molar-refractivity contribution in [1.29, 1.82) is 0 Å². The number of H-pyrrole nitrogens is 1. The van der Waals surface area contributed by atoms with Crippen LogP contribution >= 0.6 is 0 Å². The van der Waals surface area contributed by atoms with Crippen molar-refractivity contribution in [3.63, 3.8) is 0 Å². The number of esters is 1. The largest absolute Gasteiger partial charge is 0.457 e. The number of nitrogens with one attached hydrogen (secondary N) is 1. The molecule has 4 nitrogen and oxygen atoms in total. The first kappa shape index (κ1) is 17.9. The third-order valence-electron chi connectivity index (χ3n) is 4.79. The lowest BCUT2D eigenvalue weighted by atomic mass is 9.97. The fourth-order valence-electron chi connectivity index (χ4n) is 2.95. The molecule has 0 radical (unpaired) electrons. The summed E-state index contributed by atoms with van der Waals surface area (Å²) in [7, 11) is 0. The zero-order valence-corrected chi connectivity index (χ0v) is 15.1. The summed E-state index contributed by atoms with van der Waals surface area (Å²) in [4.78, 5) is 27.4. The highest BCUT2D eigenvalue weighted by Crippen LogP contribution is 2.20. The molecule has 0 aliphatic rings. The number of hydrogen-bond donors (Lipinski definition) is 1. The van der Waals surface area contributed by atoms with E-state index in [1.54, 1.807) is 18.3 Å². The van der Waals surface area contributed by atoms with Crippen molar-refractivity contribution in [1.82, 2.24) is 4.98 Å². The second kappa shape index (κ2) is 8.00. The molecular formula is C22H23NO3. The van der Waals surface area contributed by atoms with Crippen molar-refractivity contribution in [3.05, 3.63) is 71.4 Å². The molecule has 0 aliphatic heterocycles. The second-order valence-corrected chi connectivity index (χ2v) is 6.55. The number of carbonyl (C=O) groups excluding carboxylic acids is 2. The monoisotopic (exact) mass is 349 g/mol. The number of rotatable bonds is 7. The topological polar surface area (TPSA) is 59.2 Å². The number of aromatic nitrogens is 1. The van der Waals surface area contributed by atoms with E-state index < -0.39 is 5.97 Å². The van der Waals surface area contributed by atoms with Crippen LogP contribution in [0.4, 0.5) is 0 Å². The fourth-order valence-corrected chi connectivity index (χ4v) is 2.95. The van der Waals surface area contributed by atoms with E-state index >= 15 is 0 Å². The number of para-hydroxylation sites is 1. The predicted octanol–water partition coefficient (Wildman–Crippen LogP) is 4.65. The molecule has 0 aliphatic carbocycles. The molecule has 0 saturated carbocycles. The summed E-state index contributed by atoms with van der Waals surface area (Å²) in [6.07, 6.45) is 3.00. The van der Waals surface area contributed by atoms with Crippen LogP contribution in [0.15, 0.2) is 54.7 Å². The fraction of sp³-hybridized carbons (Fsp3) is 0.273. The van der Waals surface area contributed by atoms with Gasteiger partial charge in [0.05, 0.1) is 6.42 Å². The number of benzene rings is 2. The van der Waals surface area contributed by atoms with Crippen molar-refractivity contribution in [2.75, 3.05) is 6.61 Å². The first-order valence-corrected chi connectivity index (χ1v) is 8.92. The molecule has 2 aromatic carbocycles. The summed E-state index contributed by atoms with van der Waals surface area (Å²) in [5.74, 6) is -0.125. The zero-order chi connectivity index (χ0) is 18.5. The average molecular weight is 349 g/mol. The quantitative estimate of drug-likeness (QED) is 0.499. The molecule has 1 heterocycles. The Morgan fingerprint density at radius 3 is 2.54 bits per heavy atom.